The molecular weight excluding hydrogens is 472 g/mol. The maximum Gasteiger partial charge on any atom is 0.264 e. The van der Waals surface area contributed by atoms with Crippen LogP contribution in [0, 0.1) is 0 Å². The van der Waals surface area contributed by atoms with Crippen LogP contribution >= 0.6 is 11.6 Å². The van der Waals surface area contributed by atoms with Crippen LogP contribution in [0.3, 0.4) is 0 Å². The molecule has 0 atom stereocenters. The number of nitrogens with zero attached hydrogens (tertiary/aromatic N) is 1. The maximum atomic E-state index is 13.5. The van der Waals surface area contributed by atoms with Crippen molar-refractivity contribution >= 4 is 44.7 Å². The van der Waals surface area contributed by atoms with Gasteiger partial charge in [-0.2, -0.15) is 0 Å². The second kappa shape index (κ2) is 10.8. The summed E-state index contributed by atoms with van der Waals surface area (Å²) in [5.41, 5.74) is 3.39. The molecule has 34 heavy (non-hydrogen) atoms. The Morgan fingerprint density at radius 1 is 0.882 bits per heavy atom. The Bertz CT molecular complexity index is 1270. The molecule has 0 saturated carbocycles. The minimum Gasteiger partial charge on any atom is -0.324 e. The quantitative estimate of drug-likeness (QED) is 0.395. The van der Waals surface area contributed by atoms with E-state index < -0.39 is 22.5 Å². The molecule has 8 heteroatoms. The van der Waals surface area contributed by atoms with Crippen LogP contribution in [0.4, 0.5) is 11.4 Å². The van der Waals surface area contributed by atoms with E-state index in [2.05, 4.69) is 5.32 Å². The number of para-hydroxylation sites is 1. The predicted octanol–water partition coefficient (Wildman–Crippen LogP) is 5.50. The number of carbonyl (C=O) groups excluding carboxylic acids is 2. The van der Waals surface area contributed by atoms with Crippen molar-refractivity contribution in [3.63, 3.8) is 0 Å². The van der Waals surface area contributed by atoms with E-state index in [4.69, 9.17) is 11.6 Å². The summed E-state index contributed by atoms with van der Waals surface area (Å²) in [6.07, 6.45) is 1.45. The first-order valence-corrected chi connectivity index (χ1v) is 12.8. The number of Topliss-reactive ketones (excluding diaryl/α,β-unsaturated/α-hetero) is 1. The highest BCUT2D eigenvalue weighted by molar-refractivity contribution is 7.92. The zero-order valence-electron chi connectivity index (χ0n) is 19.3. The van der Waals surface area contributed by atoms with Gasteiger partial charge in [0.25, 0.3) is 10.0 Å². The van der Waals surface area contributed by atoms with Crippen molar-refractivity contribution in [1.82, 2.24) is 0 Å². The molecular formula is C26H27ClN2O4S. The van der Waals surface area contributed by atoms with Gasteiger partial charge >= 0.3 is 0 Å². The van der Waals surface area contributed by atoms with Crippen molar-refractivity contribution in [2.75, 3.05) is 16.2 Å². The second-order valence-corrected chi connectivity index (χ2v) is 10.1. The Balaban J connectivity index is 2.00. The summed E-state index contributed by atoms with van der Waals surface area (Å²) >= 11 is 5.93. The number of ketones is 1. The van der Waals surface area contributed by atoms with E-state index in [1.54, 1.807) is 12.1 Å². The van der Waals surface area contributed by atoms with Crippen LogP contribution in [0.5, 0.6) is 0 Å². The minimum absolute atomic E-state index is 0.00329. The van der Waals surface area contributed by atoms with E-state index in [0.717, 1.165) is 28.3 Å². The molecule has 0 fully saturated rings. The zero-order chi connectivity index (χ0) is 24.9. The third-order valence-electron chi connectivity index (χ3n) is 5.51. The lowest BCUT2D eigenvalue weighted by Crippen LogP contribution is -2.38. The molecule has 0 aliphatic carbocycles. The van der Waals surface area contributed by atoms with Crippen molar-refractivity contribution in [2.24, 2.45) is 0 Å². The Hall–Kier alpha value is -3.16. The predicted molar refractivity (Wildman–Crippen MR) is 136 cm³/mol. The van der Waals surface area contributed by atoms with Crippen molar-refractivity contribution < 1.29 is 18.0 Å². The molecule has 0 radical (unpaired) electrons. The van der Waals surface area contributed by atoms with Crippen LogP contribution in [0.25, 0.3) is 0 Å². The summed E-state index contributed by atoms with van der Waals surface area (Å²) < 4.78 is 28.1. The van der Waals surface area contributed by atoms with Crippen LogP contribution in [0.15, 0.2) is 71.6 Å². The van der Waals surface area contributed by atoms with E-state index >= 15 is 0 Å². The molecule has 3 aromatic rings. The van der Waals surface area contributed by atoms with E-state index in [9.17, 15) is 18.0 Å². The second-order valence-electron chi connectivity index (χ2n) is 7.78. The van der Waals surface area contributed by atoms with Crippen molar-refractivity contribution in [1.29, 1.82) is 0 Å². The third-order valence-corrected chi connectivity index (χ3v) is 7.55. The van der Waals surface area contributed by atoms with Crippen molar-refractivity contribution in [3.05, 3.63) is 88.4 Å². The zero-order valence-corrected chi connectivity index (χ0v) is 20.9. The topological polar surface area (TPSA) is 83.6 Å². The first-order valence-electron chi connectivity index (χ1n) is 11.0. The highest BCUT2D eigenvalue weighted by Gasteiger charge is 2.28. The lowest BCUT2D eigenvalue weighted by atomic mass is 10.0. The lowest BCUT2D eigenvalue weighted by Gasteiger charge is -2.25. The molecule has 0 heterocycles. The van der Waals surface area contributed by atoms with E-state index in [0.29, 0.717) is 16.3 Å². The number of rotatable bonds is 9. The molecule has 3 aromatic carbocycles. The molecule has 0 aliphatic rings. The van der Waals surface area contributed by atoms with Crippen molar-refractivity contribution in [3.8, 4) is 0 Å². The van der Waals surface area contributed by atoms with Crippen LogP contribution < -0.4 is 9.62 Å². The molecule has 0 bridgehead atoms. The van der Waals surface area contributed by atoms with Gasteiger partial charge in [0.15, 0.2) is 5.78 Å². The normalized spacial score (nSPS) is 11.2. The number of anilines is 2. The number of hydrogen-bond acceptors (Lipinski definition) is 4. The van der Waals surface area contributed by atoms with Crippen LogP contribution in [0.2, 0.25) is 5.02 Å². The standard InChI is InChI=1S/C26H27ClN2O4S/c1-4-19-7-6-8-20(5-2)26(19)28-25(31)17-29(23-13-9-21(10-14-23)18(3)30)34(32,33)24-15-11-22(27)12-16-24/h6-16H,4-5,17H2,1-3H3,(H,28,31). The number of benzene rings is 3. The monoisotopic (exact) mass is 498 g/mol. The molecule has 0 aliphatic heterocycles. The summed E-state index contributed by atoms with van der Waals surface area (Å²) in [7, 11) is -4.09. The lowest BCUT2D eigenvalue weighted by molar-refractivity contribution is -0.114. The molecule has 0 aromatic heterocycles. The Morgan fingerprint density at radius 3 is 1.94 bits per heavy atom. The Kier molecular flexibility index (Phi) is 8.12. The maximum absolute atomic E-state index is 13.5. The number of nitrogens with one attached hydrogen (secondary N) is 1. The van der Waals surface area contributed by atoms with Gasteiger partial charge in [0.05, 0.1) is 10.6 Å². The molecule has 1 amide bonds. The Labute approximate surface area is 205 Å². The summed E-state index contributed by atoms with van der Waals surface area (Å²) in [5, 5.41) is 3.32. The van der Waals surface area contributed by atoms with Gasteiger partial charge in [-0.15, -0.1) is 0 Å². The molecule has 3 rings (SSSR count). The van der Waals surface area contributed by atoms with Gasteiger partial charge in [0.2, 0.25) is 5.91 Å². The molecule has 0 saturated heterocycles. The number of halogens is 1. The number of amides is 1. The summed E-state index contributed by atoms with van der Waals surface area (Å²) in [6.45, 7) is 4.99. The first-order chi connectivity index (χ1) is 16.2. The van der Waals surface area contributed by atoms with Gasteiger partial charge in [-0.25, -0.2) is 8.42 Å². The largest absolute Gasteiger partial charge is 0.324 e. The number of sulfonamides is 1. The van der Waals surface area contributed by atoms with Gasteiger partial charge in [0.1, 0.15) is 6.54 Å². The number of carbonyl (C=O) groups is 2. The average molecular weight is 499 g/mol. The van der Waals surface area contributed by atoms with Gasteiger partial charge in [-0.05, 0) is 79.4 Å². The summed E-state index contributed by atoms with van der Waals surface area (Å²) in [6, 6.07) is 17.7. The minimum atomic E-state index is -4.09. The van der Waals surface area contributed by atoms with Gasteiger partial charge < -0.3 is 5.32 Å². The van der Waals surface area contributed by atoms with Crippen LogP contribution in [-0.2, 0) is 27.7 Å². The number of hydrogen-bond donors (Lipinski definition) is 1. The molecule has 0 spiro atoms. The molecule has 0 unspecified atom stereocenters. The summed E-state index contributed by atoms with van der Waals surface area (Å²) in [5.74, 6) is -0.608. The molecule has 6 nitrogen and oxygen atoms in total. The highest BCUT2D eigenvalue weighted by atomic mass is 35.5. The molecule has 178 valence electrons. The third kappa shape index (κ3) is 5.66. The average Bonchev–Trinajstić information content (AvgIpc) is 2.83. The van der Waals surface area contributed by atoms with Gasteiger partial charge in [-0.3, -0.25) is 13.9 Å². The number of aryl methyl sites for hydroxylation is 2. The van der Waals surface area contributed by atoms with E-state index in [-0.39, 0.29) is 16.4 Å². The van der Waals surface area contributed by atoms with Gasteiger partial charge in [-0.1, -0.05) is 43.6 Å². The van der Waals surface area contributed by atoms with Crippen molar-refractivity contribution in [2.45, 2.75) is 38.5 Å². The summed E-state index contributed by atoms with van der Waals surface area (Å²) in [4.78, 5) is 24.8. The highest BCUT2D eigenvalue weighted by Crippen LogP contribution is 2.27. The van der Waals surface area contributed by atoms with Gasteiger partial charge in [0, 0.05) is 16.3 Å². The fraction of sp³-hybridized carbons (Fsp3) is 0.231. The first kappa shape index (κ1) is 25.5. The van der Waals surface area contributed by atoms with E-state index in [1.807, 2.05) is 32.0 Å². The molecule has 1 N–H and O–H groups in total. The van der Waals surface area contributed by atoms with Crippen LogP contribution in [-0.4, -0.2) is 26.7 Å². The Morgan fingerprint density at radius 2 is 1.44 bits per heavy atom. The van der Waals surface area contributed by atoms with Crippen LogP contribution in [0.1, 0.15) is 42.3 Å². The smallest absolute Gasteiger partial charge is 0.264 e. The SMILES string of the molecule is CCc1cccc(CC)c1NC(=O)CN(c1ccc(C(C)=O)cc1)S(=O)(=O)c1ccc(Cl)cc1. The fourth-order valence-electron chi connectivity index (χ4n) is 3.62. The fourth-order valence-corrected chi connectivity index (χ4v) is 5.17. The van der Waals surface area contributed by atoms with E-state index in [1.165, 1.54) is 43.3 Å².